The van der Waals surface area contributed by atoms with Crippen LogP contribution in [0.25, 0.3) is 10.2 Å². The van der Waals surface area contributed by atoms with Crippen LogP contribution >= 0.6 is 23.1 Å². The van der Waals surface area contributed by atoms with E-state index in [0.717, 1.165) is 35.9 Å². The van der Waals surface area contributed by atoms with Gasteiger partial charge in [0.15, 0.2) is 5.16 Å². The molecule has 6 nitrogen and oxygen atoms in total. The molecule has 0 unspecified atom stereocenters. The fourth-order valence-electron chi connectivity index (χ4n) is 3.28. The number of hydrogen-bond donors (Lipinski definition) is 0. The lowest BCUT2D eigenvalue weighted by molar-refractivity contribution is -0.127. The molecule has 0 saturated heterocycles. The Hall–Kier alpha value is -1.38. The van der Waals surface area contributed by atoms with Gasteiger partial charge in [0.2, 0.25) is 5.91 Å². The summed E-state index contributed by atoms with van der Waals surface area (Å²) in [4.78, 5) is 34.0. The standard InChI is InChI=1S/C18H25N3O3S2/c1-11(16(22)20(2)3)25-18-19-15-14(12-7-5-8-13(12)26-15)17(23)21(18)9-6-10-24-4/h11H,5-10H2,1-4H3/t11-/m1/s1. The zero-order chi connectivity index (χ0) is 18.8. The van der Waals surface area contributed by atoms with E-state index in [9.17, 15) is 9.59 Å². The molecular weight excluding hydrogens is 370 g/mol. The molecule has 0 aromatic carbocycles. The van der Waals surface area contributed by atoms with Crippen molar-refractivity contribution in [3.63, 3.8) is 0 Å². The highest BCUT2D eigenvalue weighted by molar-refractivity contribution is 8.00. The van der Waals surface area contributed by atoms with Gasteiger partial charge in [-0.1, -0.05) is 11.8 Å². The van der Waals surface area contributed by atoms with E-state index >= 15 is 0 Å². The van der Waals surface area contributed by atoms with Gasteiger partial charge in [-0.05, 0) is 38.2 Å². The third-order valence-electron chi connectivity index (χ3n) is 4.59. The maximum atomic E-state index is 13.2. The smallest absolute Gasteiger partial charge is 0.263 e. The van der Waals surface area contributed by atoms with Crippen molar-refractivity contribution in [3.8, 4) is 0 Å². The van der Waals surface area contributed by atoms with Crippen LogP contribution in [-0.2, 0) is 28.9 Å². The third-order valence-corrected chi connectivity index (χ3v) is 6.85. The number of rotatable bonds is 7. The number of aromatic nitrogens is 2. The highest BCUT2D eigenvalue weighted by Crippen LogP contribution is 2.36. The number of fused-ring (bicyclic) bond motifs is 3. The summed E-state index contributed by atoms with van der Waals surface area (Å²) in [5.74, 6) is 0.0152. The van der Waals surface area contributed by atoms with Crippen LogP contribution in [0, 0.1) is 0 Å². The molecule has 26 heavy (non-hydrogen) atoms. The van der Waals surface area contributed by atoms with Crippen molar-refractivity contribution >= 4 is 39.2 Å². The molecule has 142 valence electrons. The van der Waals surface area contributed by atoms with Gasteiger partial charge in [0.1, 0.15) is 4.83 Å². The fraction of sp³-hybridized carbons (Fsp3) is 0.611. The van der Waals surface area contributed by atoms with Crippen molar-refractivity contribution < 1.29 is 9.53 Å². The molecule has 2 aromatic rings. The first-order valence-electron chi connectivity index (χ1n) is 8.86. The van der Waals surface area contributed by atoms with Crippen molar-refractivity contribution in [1.82, 2.24) is 14.5 Å². The Morgan fingerprint density at radius 2 is 2.19 bits per heavy atom. The minimum atomic E-state index is -0.296. The van der Waals surface area contributed by atoms with Crippen LogP contribution in [0.2, 0.25) is 0 Å². The number of methoxy groups -OCH3 is 1. The lowest BCUT2D eigenvalue weighted by Crippen LogP contribution is -2.31. The first kappa shape index (κ1) is 19.4. The summed E-state index contributed by atoms with van der Waals surface area (Å²) < 4.78 is 6.87. The number of aryl methyl sites for hydroxylation is 2. The molecule has 2 aromatic heterocycles. The van der Waals surface area contributed by atoms with Crippen molar-refractivity contribution in [2.45, 2.75) is 49.6 Å². The summed E-state index contributed by atoms with van der Waals surface area (Å²) in [6.07, 6.45) is 3.86. The molecule has 1 aliphatic carbocycles. The highest BCUT2D eigenvalue weighted by atomic mass is 32.2. The minimum Gasteiger partial charge on any atom is -0.385 e. The van der Waals surface area contributed by atoms with Crippen molar-refractivity contribution in [2.75, 3.05) is 27.8 Å². The third kappa shape index (κ3) is 3.68. The predicted molar refractivity (Wildman–Crippen MR) is 106 cm³/mol. The predicted octanol–water partition coefficient (Wildman–Crippen LogP) is 2.55. The topological polar surface area (TPSA) is 64.4 Å². The molecule has 1 amide bonds. The molecule has 3 rings (SSSR count). The lowest BCUT2D eigenvalue weighted by atomic mass is 10.2. The molecule has 0 spiro atoms. The average molecular weight is 396 g/mol. The van der Waals surface area contributed by atoms with Crippen LogP contribution in [0.5, 0.6) is 0 Å². The van der Waals surface area contributed by atoms with E-state index in [-0.39, 0.29) is 16.7 Å². The molecule has 0 fully saturated rings. The van der Waals surface area contributed by atoms with Crippen LogP contribution in [0.3, 0.4) is 0 Å². The highest BCUT2D eigenvalue weighted by Gasteiger charge is 2.25. The molecule has 0 bridgehead atoms. The monoisotopic (exact) mass is 395 g/mol. The van der Waals surface area contributed by atoms with Crippen LogP contribution in [-0.4, -0.2) is 53.4 Å². The maximum Gasteiger partial charge on any atom is 0.263 e. The quantitative estimate of drug-likeness (QED) is 0.410. The number of ether oxygens (including phenoxy) is 1. The van der Waals surface area contributed by atoms with E-state index in [1.165, 1.54) is 22.2 Å². The van der Waals surface area contributed by atoms with Gasteiger partial charge in [-0.2, -0.15) is 0 Å². The Morgan fingerprint density at radius 3 is 2.88 bits per heavy atom. The molecule has 0 aliphatic heterocycles. The van der Waals surface area contributed by atoms with Crippen molar-refractivity contribution in [2.24, 2.45) is 0 Å². The normalized spacial score (nSPS) is 14.6. The second kappa shape index (κ2) is 8.10. The van der Waals surface area contributed by atoms with Crippen LogP contribution in [0.15, 0.2) is 9.95 Å². The molecule has 0 N–H and O–H groups in total. The van der Waals surface area contributed by atoms with E-state index in [0.29, 0.717) is 18.3 Å². The van der Waals surface area contributed by atoms with Crippen LogP contribution in [0.4, 0.5) is 0 Å². The van der Waals surface area contributed by atoms with Gasteiger partial charge in [0.25, 0.3) is 5.56 Å². The number of thioether (sulfide) groups is 1. The summed E-state index contributed by atoms with van der Waals surface area (Å²) in [6, 6.07) is 0. The zero-order valence-electron chi connectivity index (χ0n) is 15.7. The molecule has 0 radical (unpaired) electrons. The van der Waals surface area contributed by atoms with Crippen LogP contribution in [0.1, 0.15) is 30.2 Å². The van der Waals surface area contributed by atoms with E-state index in [4.69, 9.17) is 9.72 Å². The van der Waals surface area contributed by atoms with E-state index < -0.39 is 0 Å². The minimum absolute atomic E-state index is 0.0152. The molecule has 1 atom stereocenters. The largest absolute Gasteiger partial charge is 0.385 e. The van der Waals surface area contributed by atoms with Crippen molar-refractivity contribution in [1.29, 1.82) is 0 Å². The van der Waals surface area contributed by atoms with Gasteiger partial charge in [-0.25, -0.2) is 4.98 Å². The first-order valence-corrected chi connectivity index (χ1v) is 10.6. The Bertz CT molecular complexity index is 873. The van der Waals surface area contributed by atoms with Gasteiger partial charge in [0, 0.05) is 39.2 Å². The Balaban J connectivity index is 2.03. The zero-order valence-corrected chi connectivity index (χ0v) is 17.3. The average Bonchev–Trinajstić information content (AvgIpc) is 3.17. The Morgan fingerprint density at radius 1 is 1.42 bits per heavy atom. The summed E-state index contributed by atoms with van der Waals surface area (Å²) in [5, 5.41) is 1.12. The van der Waals surface area contributed by atoms with E-state index in [2.05, 4.69) is 0 Å². The van der Waals surface area contributed by atoms with Gasteiger partial charge in [-0.15, -0.1) is 11.3 Å². The molecule has 0 saturated carbocycles. The number of amides is 1. The SMILES string of the molecule is COCCCn1c(S[C@H](C)C(=O)N(C)C)nc2sc3c(c2c1=O)CCC3. The Labute approximate surface area is 161 Å². The lowest BCUT2D eigenvalue weighted by Gasteiger charge is -2.18. The number of carbonyl (C=O) groups excluding carboxylic acids is 1. The molecule has 8 heteroatoms. The molecule has 2 heterocycles. The number of nitrogens with zero attached hydrogens (tertiary/aromatic N) is 3. The fourth-order valence-corrected chi connectivity index (χ4v) is 5.67. The number of carbonyl (C=O) groups is 1. The number of thiophene rings is 1. The van der Waals surface area contributed by atoms with Crippen molar-refractivity contribution in [3.05, 3.63) is 20.8 Å². The van der Waals surface area contributed by atoms with E-state index in [1.807, 2.05) is 6.92 Å². The number of hydrogen-bond acceptors (Lipinski definition) is 6. The Kier molecular flexibility index (Phi) is 6.04. The van der Waals surface area contributed by atoms with Gasteiger partial charge in [0.05, 0.1) is 10.6 Å². The molecular formula is C18H25N3O3S2. The maximum absolute atomic E-state index is 13.2. The second-order valence-corrected chi connectivity index (χ2v) is 9.12. The first-order chi connectivity index (χ1) is 12.4. The molecule has 1 aliphatic rings. The summed E-state index contributed by atoms with van der Waals surface area (Å²) in [7, 11) is 5.14. The van der Waals surface area contributed by atoms with Gasteiger partial charge in [-0.3, -0.25) is 14.2 Å². The van der Waals surface area contributed by atoms with Crippen LogP contribution < -0.4 is 5.56 Å². The van der Waals surface area contributed by atoms with Gasteiger partial charge >= 0.3 is 0 Å². The summed E-state index contributed by atoms with van der Waals surface area (Å²) in [5.41, 5.74) is 1.22. The summed E-state index contributed by atoms with van der Waals surface area (Å²) >= 11 is 3.00. The van der Waals surface area contributed by atoms with E-state index in [1.54, 1.807) is 42.0 Å². The summed E-state index contributed by atoms with van der Waals surface area (Å²) in [6.45, 7) is 2.99. The van der Waals surface area contributed by atoms with Gasteiger partial charge < -0.3 is 9.64 Å². The second-order valence-electron chi connectivity index (χ2n) is 6.73.